The van der Waals surface area contributed by atoms with Gasteiger partial charge in [-0.1, -0.05) is 12.1 Å². The number of nitrogens with zero attached hydrogens (tertiary/aromatic N) is 3. The van der Waals surface area contributed by atoms with E-state index in [1.165, 1.54) is 17.0 Å². The maximum Gasteiger partial charge on any atom is 0.262 e. The van der Waals surface area contributed by atoms with Crippen LogP contribution < -0.4 is 0 Å². The summed E-state index contributed by atoms with van der Waals surface area (Å²) in [7, 11) is 0. The lowest BCUT2D eigenvalue weighted by Gasteiger charge is -2.13. The van der Waals surface area contributed by atoms with Crippen molar-refractivity contribution < 1.29 is 14.4 Å². The Balaban J connectivity index is 1.87. The number of hydrogen-bond donors (Lipinski definition) is 0. The number of imidazole rings is 1. The summed E-state index contributed by atoms with van der Waals surface area (Å²) in [6.07, 6.45) is 3.01. The second kappa shape index (κ2) is 4.41. The fraction of sp³-hybridized carbons (Fsp3) is 0.143. The zero-order valence-electron chi connectivity index (χ0n) is 10.7. The van der Waals surface area contributed by atoms with E-state index in [-0.39, 0.29) is 12.5 Å². The monoisotopic (exact) mass is 269 g/mol. The maximum atomic E-state index is 12.1. The molecule has 0 saturated heterocycles. The Morgan fingerprint density at radius 2 is 1.75 bits per heavy atom. The molecule has 2 heterocycles. The number of imide groups is 1. The van der Waals surface area contributed by atoms with Gasteiger partial charge in [-0.3, -0.25) is 23.9 Å². The van der Waals surface area contributed by atoms with Gasteiger partial charge in [0, 0.05) is 12.4 Å². The predicted octanol–water partition coefficient (Wildman–Crippen LogP) is 1.13. The van der Waals surface area contributed by atoms with Gasteiger partial charge in [-0.2, -0.15) is 0 Å². The molecule has 0 atom stereocenters. The summed E-state index contributed by atoms with van der Waals surface area (Å²) >= 11 is 0. The molecule has 2 aromatic rings. The second-order valence-corrected chi connectivity index (χ2v) is 4.48. The van der Waals surface area contributed by atoms with Crippen molar-refractivity contribution in [3.8, 4) is 0 Å². The third-order valence-electron chi connectivity index (χ3n) is 3.27. The Morgan fingerprint density at radius 1 is 1.15 bits per heavy atom. The van der Waals surface area contributed by atoms with E-state index in [2.05, 4.69) is 4.98 Å². The molecule has 1 aromatic carbocycles. The molecule has 0 N–H and O–H groups in total. The molecule has 20 heavy (non-hydrogen) atoms. The molecule has 0 bridgehead atoms. The average Bonchev–Trinajstić information content (AvgIpc) is 2.97. The molecule has 6 nitrogen and oxygen atoms in total. The van der Waals surface area contributed by atoms with Crippen LogP contribution in [-0.4, -0.2) is 38.7 Å². The Hall–Kier alpha value is -2.76. The second-order valence-electron chi connectivity index (χ2n) is 4.48. The first-order valence-electron chi connectivity index (χ1n) is 6.08. The van der Waals surface area contributed by atoms with Gasteiger partial charge < -0.3 is 0 Å². The largest absolute Gasteiger partial charge is 0.272 e. The van der Waals surface area contributed by atoms with E-state index in [1.807, 2.05) is 0 Å². The highest BCUT2D eigenvalue weighted by atomic mass is 16.2. The van der Waals surface area contributed by atoms with Crippen LogP contribution in [-0.2, 0) is 0 Å². The number of fused-ring (bicyclic) bond motifs is 1. The molecule has 0 saturated carbocycles. The first-order valence-corrected chi connectivity index (χ1v) is 6.08. The Bertz CT molecular complexity index is 698. The standard InChI is InChI=1S/C14H11N3O3/c1-9-15-6-7-16(9)12(18)8-17-13(19)10-4-2-3-5-11(10)14(17)20/h2-7H,8H2,1H3. The van der Waals surface area contributed by atoms with Crippen molar-refractivity contribution in [2.45, 2.75) is 6.92 Å². The molecule has 100 valence electrons. The number of aryl methyl sites for hydroxylation is 1. The van der Waals surface area contributed by atoms with Crippen LogP contribution in [0.25, 0.3) is 0 Å². The molecule has 1 aromatic heterocycles. The topological polar surface area (TPSA) is 72.3 Å². The van der Waals surface area contributed by atoms with Crippen LogP contribution >= 0.6 is 0 Å². The zero-order valence-corrected chi connectivity index (χ0v) is 10.7. The average molecular weight is 269 g/mol. The minimum Gasteiger partial charge on any atom is -0.272 e. The number of rotatable bonds is 2. The minimum atomic E-state index is -0.434. The molecule has 0 fully saturated rings. The Morgan fingerprint density at radius 3 is 2.25 bits per heavy atom. The van der Waals surface area contributed by atoms with Gasteiger partial charge >= 0.3 is 0 Å². The third kappa shape index (κ3) is 1.73. The van der Waals surface area contributed by atoms with Crippen molar-refractivity contribution in [2.75, 3.05) is 6.54 Å². The van der Waals surface area contributed by atoms with Crippen molar-refractivity contribution in [3.05, 3.63) is 53.6 Å². The normalized spacial score (nSPS) is 13.8. The summed E-state index contributed by atoms with van der Waals surface area (Å²) < 4.78 is 1.32. The van der Waals surface area contributed by atoms with Crippen LogP contribution in [0.2, 0.25) is 0 Å². The number of carbonyl (C=O) groups excluding carboxylic acids is 3. The summed E-state index contributed by atoms with van der Waals surface area (Å²) in [6.45, 7) is 1.39. The first-order chi connectivity index (χ1) is 9.59. The summed E-state index contributed by atoms with van der Waals surface area (Å²) in [6, 6.07) is 6.55. The lowest BCUT2D eigenvalue weighted by molar-refractivity contribution is 0.0604. The fourth-order valence-electron chi connectivity index (χ4n) is 2.24. The molecule has 0 aliphatic carbocycles. The number of aromatic nitrogens is 2. The van der Waals surface area contributed by atoms with Crippen LogP contribution in [0.3, 0.4) is 0 Å². The lowest BCUT2D eigenvalue weighted by atomic mass is 10.1. The highest BCUT2D eigenvalue weighted by Gasteiger charge is 2.36. The number of hydrogen-bond acceptors (Lipinski definition) is 4. The Labute approximate surface area is 114 Å². The van der Waals surface area contributed by atoms with E-state index < -0.39 is 11.8 Å². The maximum absolute atomic E-state index is 12.1. The van der Waals surface area contributed by atoms with Gasteiger partial charge in [-0.15, -0.1) is 0 Å². The molecular formula is C14H11N3O3. The molecular weight excluding hydrogens is 258 g/mol. The van der Waals surface area contributed by atoms with Crippen molar-refractivity contribution in [1.82, 2.24) is 14.5 Å². The number of benzene rings is 1. The van der Waals surface area contributed by atoms with Crippen molar-refractivity contribution >= 4 is 17.7 Å². The summed E-state index contributed by atoms with van der Waals surface area (Å²) in [5.74, 6) is -0.713. The summed E-state index contributed by atoms with van der Waals surface area (Å²) in [4.78, 5) is 41.3. The van der Waals surface area contributed by atoms with Crippen LogP contribution in [0.5, 0.6) is 0 Å². The van der Waals surface area contributed by atoms with E-state index in [0.29, 0.717) is 17.0 Å². The van der Waals surface area contributed by atoms with E-state index in [1.54, 1.807) is 31.2 Å². The number of amides is 2. The van der Waals surface area contributed by atoms with Crippen LogP contribution in [0.1, 0.15) is 31.3 Å². The quantitative estimate of drug-likeness (QED) is 0.766. The van der Waals surface area contributed by atoms with Crippen LogP contribution in [0.4, 0.5) is 0 Å². The van der Waals surface area contributed by atoms with Crippen molar-refractivity contribution in [3.63, 3.8) is 0 Å². The van der Waals surface area contributed by atoms with Gasteiger partial charge in [-0.25, -0.2) is 4.98 Å². The van der Waals surface area contributed by atoms with Gasteiger partial charge in [0.15, 0.2) is 0 Å². The van der Waals surface area contributed by atoms with E-state index in [4.69, 9.17) is 0 Å². The smallest absolute Gasteiger partial charge is 0.262 e. The van der Waals surface area contributed by atoms with E-state index in [0.717, 1.165) is 4.90 Å². The highest BCUT2D eigenvalue weighted by molar-refractivity contribution is 6.22. The first kappa shape index (κ1) is 12.3. The molecule has 2 amide bonds. The molecule has 6 heteroatoms. The van der Waals surface area contributed by atoms with Crippen LogP contribution in [0.15, 0.2) is 36.7 Å². The molecule has 1 aliphatic rings. The Kier molecular flexibility index (Phi) is 2.71. The molecule has 3 rings (SSSR count). The number of carbonyl (C=O) groups is 3. The molecule has 0 radical (unpaired) electrons. The van der Waals surface area contributed by atoms with Gasteiger partial charge in [-0.05, 0) is 19.1 Å². The minimum absolute atomic E-state index is 0.288. The zero-order chi connectivity index (χ0) is 14.3. The predicted molar refractivity (Wildman–Crippen MR) is 69.4 cm³/mol. The van der Waals surface area contributed by atoms with E-state index in [9.17, 15) is 14.4 Å². The van der Waals surface area contributed by atoms with Gasteiger partial charge in [0.1, 0.15) is 12.4 Å². The summed E-state index contributed by atoms with van der Waals surface area (Å²) in [5, 5.41) is 0. The van der Waals surface area contributed by atoms with Gasteiger partial charge in [0.2, 0.25) is 0 Å². The summed E-state index contributed by atoms with van der Waals surface area (Å²) in [5.41, 5.74) is 0.681. The molecule has 0 spiro atoms. The highest BCUT2D eigenvalue weighted by Crippen LogP contribution is 2.22. The lowest BCUT2D eigenvalue weighted by Crippen LogP contribution is -2.37. The molecule has 1 aliphatic heterocycles. The fourth-order valence-corrected chi connectivity index (χ4v) is 2.24. The van der Waals surface area contributed by atoms with Crippen molar-refractivity contribution in [2.24, 2.45) is 0 Å². The SMILES string of the molecule is Cc1nccn1C(=O)CN1C(=O)c2ccccc2C1=O. The van der Waals surface area contributed by atoms with Crippen molar-refractivity contribution in [1.29, 1.82) is 0 Å². The van der Waals surface area contributed by atoms with Gasteiger partial charge in [0.25, 0.3) is 17.7 Å². The van der Waals surface area contributed by atoms with E-state index >= 15 is 0 Å². The third-order valence-corrected chi connectivity index (χ3v) is 3.27. The van der Waals surface area contributed by atoms with Crippen LogP contribution in [0, 0.1) is 6.92 Å². The van der Waals surface area contributed by atoms with Gasteiger partial charge in [0.05, 0.1) is 11.1 Å². The molecule has 0 unspecified atom stereocenters.